The number of rotatable bonds is 6. The first-order valence-electron chi connectivity index (χ1n) is 9.49. The largest absolute Gasteiger partial charge is 0.744 e. The van der Waals surface area contributed by atoms with Gasteiger partial charge in [-0.1, -0.05) is 0 Å². The van der Waals surface area contributed by atoms with Crippen molar-refractivity contribution in [2.24, 2.45) is 10.2 Å². The second-order valence-corrected chi connectivity index (χ2v) is 9.89. The van der Waals surface area contributed by atoms with Gasteiger partial charge in [0.2, 0.25) is 11.8 Å². The number of azo groups is 1. The van der Waals surface area contributed by atoms with E-state index < -0.39 is 47.4 Å². The molecule has 0 radical (unpaired) electrons. The van der Waals surface area contributed by atoms with E-state index in [4.69, 9.17) is 0 Å². The molecule has 0 aromatic heterocycles. The van der Waals surface area contributed by atoms with Gasteiger partial charge in [0.1, 0.15) is 25.9 Å². The van der Waals surface area contributed by atoms with Gasteiger partial charge >= 0.3 is 0 Å². The summed E-state index contributed by atoms with van der Waals surface area (Å²) in [5.41, 5.74) is -0.518. The lowest BCUT2D eigenvalue weighted by atomic mass is 10.1. The molecule has 0 aliphatic carbocycles. The maximum atomic E-state index is 11.9. The lowest BCUT2D eigenvalue weighted by molar-refractivity contribution is -0.115. The highest BCUT2D eigenvalue weighted by Crippen LogP contribution is 2.45. The molecule has 15 heteroatoms. The van der Waals surface area contributed by atoms with Gasteiger partial charge < -0.3 is 24.8 Å². The molecule has 3 rings (SSSR count). The molecule has 0 aliphatic heterocycles. The van der Waals surface area contributed by atoms with Crippen LogP contribution >= 0.6 is 0 Å². The van der Waals surface area contributed by atoms with Crippen molar-refractivity contribution < 1.29 is 40.6 Å². The van der Waals surface area contributed by atoms with Crippen LogP contribution in [0.4, 0.5) is 22.7 Å². The second kappa shape index (κ2) is 9.38. The number of nitrogens with one attached hydrogen (secondary N) is 2. The Bertz CT molecular complexity index is 1600. The summed E-state index contributed by atoms with van der Waals surface area (Å²) in [4.78, 5) is 20.8. The molecule has 0 unspecified atom stereocenters. The Morgan fingerprint density at radius 3 is 1.97 bits per heavy atom. The topological polar surface area (TPSA) is 218 Å². The molecule has 0 saturated heterocycles. The molecular weight excluding hydrogens is 504 g/mol. The predicted molar refractivity (Wildman–Crippen MR) is 121 cm³/mol. The number of carbonyl (C=O) groups is 2. The Balaban J connectivity index is 2.27. The lowest BCUT2D eigenvalue weighted by Crippen LogP contribution is -2.09. The number of benzene rings is 3. The molecule has 0 heterocycles. The average molecular weight is 521 g/mol. The molecule has 35 heavy (non-hydrogen) atoms. The molecular formula is C20H16N4O9S2-2. The molecule has 0 saturated carbocycles. The van der Waals surface area contributed by atoms with E-state index in [0.29, 0.717) is 11.8 Å². The quantitative estimate of drug-likeness (QED) is 0.321. The van der Waals surface area contributed by atoms with Crippen LogP contribution in [0, 0.1) is 0 Å². The van der Waals surface area contributed by atoms with Gasteiger partial charge in [0.05, 0.1) is 21.2 Å². The van der Waals surface area contributed by atoms with E-state index in [0.717, 1.165) is 19.1 Å². The molecule has 0 spiro atoms. The summed E-state index contributed by atoms with van der Waals surface area (Å²) in [6.45, 7) is 2.38. The molecule has 3 aromatic carbocycles. The van der Waals surface area contributed by atoms with Crippen molar-refractivity contribution in [3.63, 3.8) is 0 Å². The first kappa shape index (κ1) is 25.7. The normalized spacial score (nSPS) is 12.1. The summed E-state index contributed by atoms with van der Waals surface area (Å²) in [7, 11) is -10.3. The Hall–Kier alpha value is -3.92. The van der Waals surface area contributed by atoms with Crippen molar-refractivity contribution in [3.05, 3.63) is 42.5 Å². The Morgan fingerprint density at radius 1 is 0.857 bits per heavy atom. The first-order chi connectivity index (χ1) is 16.2. The summed E-state index contributed by atoms with van der Waals surface area (Å²) in [5.74, 6) is -1.92. The van der Waals surface area contributed by atoms with Gasteiger partial charge in [-0.15, -0.1) is 5.11 Å². The number of hydrogen-bond acceptors (Lipinski definition) is 11. The van der Waals surface area contributed by atoms with Crippen molar-refractivity contribution >= 4 is 65.6 Å². The number of nitrogens with zero attached hydrogens (tertiary/aromatic N) is 2. The lowest BCUT2D eigenvalue weighted by Gasteiger charge is -2.18. The fourth-order valence-corrected chi connectivity index (χ4v) is 4.28. The van der Waals surface area contributed by atoms with Crippen LogP contribution in [0.3, 0.4) is 0 Å². The van der Waals surface area contributed by atoms with Crippen LogP contribution in [0.15, 0.2) is 62.5 Å². The molecule has 184 valence electrons. The Labute approximate surface area is 199 Å². The number of carbonyl (C=O) groups excluding carboxylic acids is 2. The number of anilines is 2. The van der Waals surface area contributed by atoms with Crippen molar-refractivity contribution in [2.45, 2.75) is 23.6 Å². The summed E-state index contributed by atoms with van der Waals surface area (Å²) in [6, 6.07) is 8.00. The zero-order valence-electron chi connectivity index (χ0n) is 18.0. The van der Waals surface area contributed by atoms with Crippen LogP contribution in [-0.4, -0.2) is 42.9 Å². The maximum Gasteiger partial charge on any atom is 0.221 e. The molecule has 0 aliphatic rings. The molecule has 13 nitrogen and oxygen atoms in total. The number of fused-ring (bicyclic) bond motifs is 1. The zero-order valence-corrected chi connectivity index (χ0v) is 19.6. The molecule has 3 aromatic rings. The van der Waals surface area contributed by atoms with Crippen LogP contribution in [0.2, 0.25) is 0 Å². The van der Waals surface area contributed by atoms with E-state index in [-0.39, 0.29) is 28.1 Å². The predicted octanol–water partition coefficient (Wildman–Crippen LogP) is 2.69. The van der Waals surface area contributed by atoms with Crippen molar-refractivity contribution in [1.82, 2.24) is 0 Å². The van der Waals surface area contributed by atoms with E-state index in [9.17, 15) is 40.6 Å². The number of phenols is 1. The Kier molecular flexibility index (Phi) is 6.89. The summed E-state index contributed by atoms with van der Waals surface area (Å²) in [5, 5.41) is 22.5. The fourth-order valence-electron chi connectivity index (χ4n) is 3.10. The third-order valence-electron chi connectivity index (χ3n) is 4.45. The first-order valence-corrected chi connectivity index (χ1v) is 12.3. The fraction of sp³-hybridized carbons (Fsp3) is 0.100. The number of hydrogen-bond donors (Lipinski definition) is 3. The van der Waals surface area contributed by atoms with Crippen molar-refractivity contribution in [2.75, 3.05) is 10.6 Å². The highest BCUT2D eigenvalue weighted by atomic mass is 32.2. The molecule has 0 bridgehead atoms. The van der Waals surface area contributed by atoms with Gasteiger partial charge in [0.25, 0.3) is 0 Å². The van der Waals surface area contributed by atoms with Crippen LogP contribution in [-0.2, 0) is 29.8 Å². The molecule has 3 N–H and O–H groups in total. The minimum atomic E-state index is -5.28. The standard InChI is InChI=1S/C20H18N4O9S2/c1-10(25)21-13-3-5-14(6-4-13)23-24-19-17(35(31,32)33)8-12-7-15(34(28,29)30)9-16(22-11(2)26)18(12)20(19)27/h3-9,27H,1-2H3,(H,21,25)(H,22,26)(H,28,29,30)(H,31,32,33)/p-2. The highest BCUT2D eigenvalue weighted by Gasteiger charge is 2.21. The number of aromatic hydroxyl groups is 1. The third-order valence-corrected chi connectivity index (χ3v) is 6.11. The summed E-state index contributed by atoms with van der Waals surface area (Å²) in [6.07, 6.45) is 0. The van der Waals surface area contributed by atoms with E-state index in [1.807, 2.05) is 0 Å². The van der Waals surface area contributed by atoms with Gasteiger partial charge in [-0.2, -0.15) is 5.11 Å². The van der Waals surface area contributed by atoms with Gasteiger partial charge in [-0.3, -0.25) is 9.59 Å². The molecule has 0 atom stereocenters. The van der Waals surface area contributed by atoms with Gasteiger partial charge in [-0.05, 0) is 47.9 Å². The number of amides is 2. The van der Waals surface area contributed by atoms with E-state index in [1.54, 1.807) is 0 Å². The third kappa shape index (κ3) is 5.96. The van der Waals surface area contributed by atoms with Crippen molar-refractivity contribution in [1.29, 1.82) is 0 Å². The zero-order chi connectivity index (χ0) is 26.1. The van der Waals surface area contributed by atoms with Crippen LogP contribution in [0.1, 0.15) is 13.8 Å². The SMILES string of the molecule is CC(=O)Nc1ccc(N=Nc2c(S(=O)(=O)[O-])cc3cc(S(=O)(=O)[O-])cc(NC(C)=O)c3c2O)cc1. The van der Waals surface area contributed by atoms with Crippen LogP contribution in [0.5, 0.6) is 5.75 Å². The van der Waals surface area contributed by atoms with Crippen LogP contribution < -0.4 is 10.6 Å². The molecule has 2 amide bonds. The summed E-state index contributed by atoms with van der Waals surface area (Å²) >= 11 is 0. The average Bonchev–Trinajstić information content (AvgIpc) is 2.71. The van der Waals surface area contributed by atoms with E-state index in [2.05, 4.69) is 20.9 Å². The second-order valence-electron chi connectivity index (χ2n) is 7.16. The van der Waals surface area contributed by atoms with E-state index >= 15 is 0 Å². The van der Waals surface area contributed by atoms with Gasteiger partial charge in [0.15, 0.2) is 5.75 Å². The van der Waals surface area contributed by atoms with Crippen molar-refractivity contribution in [3.8, 4) is 5.75 Å². The Morgan fingerprint density at radius 2 is 1.46 bits per heavy atom. The minimum Gasteiger partial charge on any atom is -0.744 e. The summed E-state index contributed by atoms with van der Waals surface area (Å²) < 4.78 is 70.3. The van der Waals surface area contributed by atoms with Crippen LogP contribution in [0.25, 0.3) is 10.8 Å². The minimum absolute atomic E-state index is 0.155. The molecule has 0 fully saturated rings. The highest BCUT2D eigenvalue weighted by molar-refractivity contribution is 7.86. The maximum absolute atomic E-state index is 11.9. The van der Waals surface area contributed by atoms with Gasteiger partial charge in [-0.25, -0.2) is 16.8 Å². The van der Waals surface area contributed by atoms with E-state index in [1.165, 1.54) is 31.2 Å². The number of phenolic OH excluding ortho intramolecular Hbond substituents is 1. The van der Waals surface area contributed by atoms with Gasteiger partial charge in [0, 0.05) is 24.9 Å². The smallest absolute Gasteiger partial charge is 0.221 e. The monoisotopic (exact) mass is 520 g/mol.